The lowest BCUT2D eigenvalue weighted by Gasteiger charge is -2.30. The van der Waals surface area contributed by atoms with Crippen LogP contribution in [0.2, 0.25) is 0 Å². The first-order valence-corrected chi connectivity index (χ1v) is 14.8. The van der Waals surface area contributed by atoms with Gasteiger partial charge in [0.15, 0.2) is 0 Å². The molecule has 0 radical (unpaired) electrons. The summed E-state index contributed by atoms with van der Waals surface area (Å²) in [6, 6.07) is 12.2. The van der Waals surface area contributed by atoms with E-state index in [0.29, 0.717) is 5.69 Å². The molecule has 0 heterocycles. The quantitative estimate of drug-likeness (QED) is 0.420. The second-order valence-corrected chi connectivity index (χ2v) is 12.1. The molecule has 0 aliphatic heterocycles. The Balaban J connectivity index is 1.71. The first-order chi connectivity index (χ1) is 17.0. The number of rotatable bonds is 11. The monoisotopic (exact) mass is 581 g/mol. The van der Waals surface area contributed by atoms with Gasteiger partial charge >= 0.3 is 0 Å². The van der Waals surface area contributed by atoms with Crippen molar-refractivity contribution in [2.24, 2.45) is 0 Å². The number of halogens is 2. The molecule has 36 heavy (non-hydrogen) atoms. The molecule has 3 rings (SSSR count). The molecule has 0 saturated heterocycles. The van der Waals surface area contributed by atoms with Crippen LogP contribution in [-0.4, -0.2) is 50.0 Å². The zero-order chi connectivity index (χ0) is 26.3. The molecule has 1 atom stereocenters. The minimum absolute atomic E-state index is 0.0578. The third-order valence-corrected chi connectivity index (χ3v) is 8.06. The molecule has 1 aliphatic carbocycles. The highest BCUT2D eigenvalue weighted by molar-refractivity contribution is 9.10. The van der Waals surface area contributed by atoms with Gasteiger partial charge in [-0.1, -0.05) is 40.9 Å². The summed E-state index contributed by atoms with van der Waals surface area (Å²) in [5.74, 6) is -0.888. The summed E-state index contributed by atoms with van der Waals surface area (Å²) in [5, 5.41) is 3.07. The molecule has 2 amide bonds. The largest absolute Gasteiger partial charge is 0.352 e. The second kappa shape index (κ2) is 12.7. The number of sulfonamides is 1. The summed E-state index contributed by atoms with van der Waals surface area (Å²) < 4.78 is 40.0. The number of amides is 2. The highest BCUT2D eigenvalue weighted by Crippen LogP contribution is 2.21. The molecule has 10 heteroatoms. The lowest BCUT2D eigenvalue weighted by molar-refractivity contribution is -0.141. The number of nitrogens with zero attached hydrogens (tertiary/aromatic N) is 2. The van der Waals surface area contributed by atoms with Crippen LogP contribution in [0.15, 0.2) is 53.0 Å². The van der Waals surface area contributed by atoms with Crippen molar-refractivity contribution in [2.75, 3.05) is 17.1 Å². The fraction of sp³-hybridized carbons (Fsp3) is 0.462. The average Bonchev–Trinajstić information content (AvgIpc) is 3.33. The Morgan fingerprint density at radius 2 is 1.81 bits per heavy atom. The first-order valence-electron chi connectivity index (χ1n) is 12.1. The highest BCUT2D eigenvalue weighted by Gasteiger charge is 2.28. The van der Waals surface area contributed by atoms with E-state index in [0.717, 1.165) is 46.3 Å². The molecule has 2 aromatic carbocycles. The van der Waals surface area contributed by atoms with Gasteiger partial charge in [0.25, 0.3) is 0 Å². The van der Waals surface area contributed by atoms with Gasteiger partial charge in [0.05, 0.1) is 11.9 Å². The molecule has 0 aromatic heterocycles. The van der Waals surface area contributed by atoms with E-state index in [1.54, 1.807) is 11.8 Å². The Morgan fingerprint density at radius 1 is 1.14 bits per heavy atom. The van der Waals surface area contributed by atoms with Crippen LogP contribution >= 0.6 is 15.9 Å². The van der Waals surface area contributed by atoms with E-state index in [-0.39, 0.29) is 43.8 Å². The van der Waals surface area contributed by atoms with Gasteiger partial charge in [-0.05, 0) is 68.1 Å². The summed E-state index contributed by atoms with van der Waals surface area (Å²) >= 11 is 3.45. The van der Waals surface area contributed by atoms with Crippen LogP contribution in [0.25, 0.3) is 0 Å². The van der Waals surface area contributed by atoms with Crippen LogP contribution in [0.1, 0.15) is 51.0 Å². The van der Waals surface area contributed by atoms with E-state index in [9.17, 15) is 22.4 Å². The Hall–Kier alpha value is -2.46. The van der Waals surface area contributed by atoms with Crippen molar-refractivity contribution < 1.29 is 22.4 Å². The molecule has 2 aromatic rings. The molecule has 1 fully saturated rings. The van der Waals surface area contributed by atoms with Crippen molar-refractivity contribution >= 4 is 43.5 Å². The van der Waals surface area contributed by atoms with E-state index >= 15 is 0 Å². The Bertz CT molecular complexity index is 1150. The van der Waals surface area contributed by atoms with Gasteiger partial charge in [0.1, 0.15) is 11.9 Å². The zero-order valence-electron chi connectivity index (χ0n) is 20.6. The summed E-state index contributed by atoms with van der Waals surface area (Å²) in [5.41, 5.74) is 1.21. The smallest absolute Gasteiger partial charge is 0.242 e. The normalized spacial score (nSPS) is 14.9. The van der Waals surface area contributed by atoms with E-state index in [4.69, 9.17) is 0 Å². The van der Waals surface area contributed by atoms with Gasteiger partial charge in [-0.3, -0.25) is 13.9 Å². The van der Waals surface area contributed by atoms with Crippen molar-refractivity contribution in [1.29, 1.82) is 0 Å². The van der Waals surface area contributed by atoms with E-state index in [1.807, 2.05) is 24.3 Å². The highest BCUT2D eigenvalue weighted by atomic mass is 79.9. The average molecular weight is 583 g/mol. The molecule has 0 bridgehead atoms. The number of carbonyl (C=O) groups is 2. The molecule has 7 nitrogen and oxygen atoms in total. The van der Waals surface area contributed by atoms with Gasteiger partial charge < -0.3 is 10.2 Å². The van der Waals surface area contributed by atoms with Crippen LogP contribution in [-0.2, 0) is 26.2 Å². The molecular formula is C26H33BrFN3O4S. The van der Waals surface area contributed by atoms with Crippen LogP contribution in [0.4, 0.5) is 10.1 Å². The van der Waals surface area contributed by atoms with E-state index in [1.165, 1.54) is 24.3 Å². The molecule has 1 aliphatic rings. The van der Waals surface area contributed by atoms with Gasteiger partial charge in [-0.25, -0.2) is 12.8 Å². The summed E-state index contributed by atoms with van der Waals surface area (Å²) in [4.78, 5) is 27.9. The number of hydrogen-bond acceptors (Lipinski definition) is 4. The Morgan fingerprint density at radius 3 is 2.42 bits per heavy atom. The summed E-state index contributed by atoms with van der Waals surface area (Å²) in [7, 11) is -3.63. The Kier molecular flexibility index (Phi) is 9.90. The molecule has 0 unspecified atom stereocenters. The van der Waals surface area contributed by atoms with Crippen molar-refractivity contribution in [2.45, 2.75) is 64.1 Å². The summed E-state index contributed by atoms with van der Waals surface area (Å²) in [6.07, 6.45) is 5.45. The second-order valence-electron chi connectivity index (χ2n) is 9.23. The third kappa shape index (κ3) is 8.03. The minimum atomic E-state index is -3.63. The SMILES string of the molecule is C[C@H](C(=O)NC1CCCC1)N(Cc1cccc(Br)c1)C(=O)CCCN(c1ccc(F)cc1)S(C)(=O)=O. The molecule has 1 saturated carbocycles. The van der Waals surface area contributed by atoms with Crippen LogP contribution < -0.4 is 9.62 Å². The van der Waals surface area contributed by atoms with E-state index < -0.39 is 21.9 Å². The molecule has 0 spiro atoms. The van der Waals surface area contributed by atoms with Crippen molar-refractivity contribution in [3.63, 3.8) is 0 Å². The third-order valence-electron chi connectivity index (χ3n) is 6.38. The molecule has 1 N–H and O–H groups in total. The standard InChI is InChI=1S/C26H33BrFN3O4S/c1-19(26(33)29-23-9-3-4-10-23)30(18-20-7-5-8-21(27)17-20)25(32)11-6-16-31(36(2,34)35)24-14-12-22(28)13-15-24/h5,7-8,12-15,17,19,23H,3-4,6,9-11,16,18H2,1-2H3,(H,29,33)/t19-/m1/s1. The summed E-state index contributed by atoms with van der Waals surface area (Å²) in [6.45, 7) is 2.04. The van der Waals surface area contributed by atoms with Gasteiger partial charge in [0.2, 0.25) is 21.8 Å². The lowest BCUT2D eigenvalue weighted by Crippen LogP contribution is -2.49. The Labute approximate surface area is 221 Å². The van der Waals surface area contributed by atoms with Gasteiger partial charge in [-0.2, -0.15) is 0 Å². The molecule has 196 valence electrons. The maximum Gasteiger partial charge on any atom is 0.242 e. The number of hydrogen-bond donors (Lipinski definition) is 1. The van der Waals surface area contributed by atoms with Crippen molar-refractivity contribution in [3.05, 3.63) is 64.4 Å². The minimum Gasteiger partial charge on any atom is -0.352 e. The van der Waals surface area contributed by atoms with Crippen molar-refractivity contribution in [1.82, 2.24) is 10.2 Å². The predicted molar refractivity (Wildman–Crippen MR) is 142 cm³/mol. The van der Waals surface area contributed by atoms with Gasteiger partial charge in [0, 0.05) is 30.0 Å². The number of benzene rings is 2. The van der Waals surface area contributed by atoms with E-state index in [2.05, 4.69) is 21.2 Å². The maximum atomic E-state index is 13.3. The fourth-order valence-corrected chi connectivity index (χ4v) is 5.83. The van der Waals surface area contributed by atoms with Crippen LogP contribution in [0, 0.1) is 5.82 Å². The van der Waals surface area contributed by atoms with Crippen molar-refractivity contribution in [3.8, 4) is 0 Å². The lowest BCUT2D eigenvalue weighted by atomic mass is 10.1. The van der Waals surface area contributed by atoms with Crippen LogP contribution in [0.5, 0.6) is 0 Å². The maximum absolute atomic E-state index is 13.3. The van der Waals surface area contributed by atoms with Gasteiger partial charge in [-0.15, -0.1) is 0 Å². The zero-order valence-corrected chi connectivity index (χ0v) is 23.0. The fourth-order valence-electron chi connectivity index (χ4n) is 4.42. The number of anilines is 1. The number of carbonyl (C=O) groups excluding carboxylic acids is 2. The topological polar surface area (TPSA) is 86.8 Å². The molecular weight excluding hydrogens is 549 g/mol. The first kappa shape index (κ1) is 28.1. The van der Waals surface area contributed by atoms with Crippen LogP contribution in [0.3, 0.4) is 0 Å². The predicted octanol–water partition coefficient (Wildman–Crippen LogP) is 4.61. The number of nitrogens with one attached hydrogen (secondary N) is 1.